The predicted molar refractivity (Wildman–Crippen MR) is 70.8 cm³/mol. The maximum absolute atomic E-state index is 9.55. The fourth-order valence-electron chi connectivity index (χ4n) is 2.16. The largest absolute Gasteiger partial charge is 0.507 e. The Balaban J connectivity index is 1.76. The lowest BCUT2D eigenvalue weighted by Gasteiger charge is -2.22. The van der Waals surface area contributed by atoms with E-state index >= 15 is 0 Å². The van der Waals surface area contributed by atoms with Gasteiger partial charge in [-0.3, -0.25) is 4.99 Å². The third kappa shape index (κ3) is 3.86. The van der Waals surface area contributed by atoms with Gasteiger partial charge in [-0.2, -0.15) is 0 Å². The van der Waals surface area contributed by atoms with Gasteiger partial charge in [0.25, 0.3) is 0 Å². The van der Waals surface area contributed by atoms with Crippen molar-refractivity contribution in [2.75, 3.05) is 13.1 Å². The van der Waals surface area contributed by atoms with Gasteiger partial charge in [0.05, 0.1) is 0 Å². The number of piperidine rings is 1. The highest BCUT2D eigenvalue weighted by Gasteiger charge is 2.10. The molecule has 0 spiro atoms. The van der Waals surface area contributed by atoms with Gasteiger partial charge in [0, 0.05) is 24.4 Å². The van der Waals surface area contributed by atoms with Crippen molar-refractivity contribution in [3.8, 4) is 5.75 Å². The number of nitrogens with one attached hydrogen (secondary N) is 1. The van der Waals surface area contributed by atoms with Gasteiger partial charge in [-0.1, -0.05) is 18.6 Å². The zero-order chi connectivity index (χ0) is 11.9. The third-order valence-electron chi connectivity index (χ3n) is 3.19. The fraction of sp³-hybridized carbons (Fsp3) is 0.500. The van der Waals surface area contributed by atoms with Crippen LogP contribution in [0.2, 0.25) is 0 Å². The molecule has 92 valence electrons. The molecule has 1 aromatic rings. The number of aromatic hydroxyl groups is 1. The maximum atomic E-state index is 9.55. The van der Waals surface area contributed by atoms with E-state index in [9.17, 15) is 5.11 Å². The highest BCUT2D eigenvalue weighted by atomic mass is 16.3. The topological polar surface area (TPSA) is 44.6 Å². The first-order valence-corrected chi connectivity index (χ1v) is 6.37. The third-order valence-corrected chi connectivity index (χ3v) is 3.19. The van der Waals surface area contributed by atoms with Crippen LogP contribution in [0.15, 0.2) is 29.3 Å². The molecule has 17 heavy (non-hydrogen) atoms. The van der Waals surface area contributed by atoms with Gasteiger partial charge < -0.3 is 10.4 Å². The number of hydrogen-bond donors (Lipinski definition) is 2. The summed E-state index contributed by atoms with van der Waals surface area (Å²) in [5.74, 6) is 0.298. The first kappa shape index (κ1) is 12.1. The van der Waals surface area contributed by atoms with Gasteiger partial charge in [-0.25, -0.2) is 0 Å². The Kier molecular flexibility index (Phi) is 4.56. The minimum absolute atomic E-state index is 0.298. The van der Waals surface area contributed by atoms with E-state index < -0.39 is 0 Å². The molecule has 2 N–H and O–H groups in total. The van der Waals surface area contributed by atoms with E-state index in [4.69, 9.17) is 0 Å². The highest BCUT2D eigenvalue weighted by molar-refractivity contribution is 5.83. The summed E-state index contributed by atoms with van der Waals surface area (Å²) in [5, 5.41) is 13.1. The molecule has 0 aromatic heterocycles. The number of phenolic OH excluding ortho intramolecular Hbond substituents is 1. The van der Waals surface area contributed by atoms with Crippen molar-refractivity contribution in [2.45, 2.75) is 31.7 Å². The molecule has 3 heteroatoms. The van der Waals surface area contributed by atoms with Crippen LogP contribution in [0.3, 0.4) is 0 Å². The second kappa shape index (κ2) is 6.40. The standard InChI is InChI=1S/C14H20N2O/c17-14-7-2-1-5-12(14)11-15-10-8-13-6-3-4-9-16-13/h1-2,5,7,11,13,16-17H,3-4,6,8-10H2. The Morgan fingerprint density at radius 3 is 3.00 bits per heavy atom. The van der Waals surface area contributed by atoms with E-state index in [1.54, 1.807) is 12.3 Å². The van der Waals surface area contributed by atoms with Crippen LogP contribution in [0.25, 0.3) is 0 Å². The summed E-state index contributed by atoms with van der Waals surface area (Å²) in [7, 11) is 0. The average molecular weight is 232 g/mol. The van der Waals surface area contributed by atoms with Crippen molar-refractivity contribution < 1.29 is 5.11 Å². The molecule has 1 saturated heterocycles. The zero-order valence-corrected chi connectivity index (χ0v) is 10.1. The van der Waals surface area contributed by atoms with Gasteiger partial charge in [-0.05, 0) is 37.9 Å². The molecule has 0 radical (unpaired) electrons. The predicted octanol–water partition coefficient (Wildman–Crippen LogP) is 2.34. The Bertz CT molecular complexity index is 370. The van der Waals surface area contributed by atoms with Crippen LogP contribution in [0.4, 0.5) is 0 Å². The molecule has 0 amide bonds. The number of phenols is 1. The van der Waals surface area contributed by atoms with Crippen LogP contribution >= 0.6 is 0 Å². The minimum Gasteiger partial charge on any atom is -0.507 e. The van der Waals surface area contributed by atoms with Crippen molar-refractivity contribution in [2.24, 2.45) is 4.99 Å². The number of nitrogens with zero attached hydrogens (tertiary/aromatic N) is 1. The quantitative estimate of drug-likeness (QED) is 0.783. The minimum atomic E-state index is 0.298. The Morgan fingerprint density at radius 2 is 2.24 bits per heavy atom. The summed E-state index contributed by atoms with van der Waals surface area (Å²) in [4.78, 5) is 4.37. The van der Waals surface area contributed by atoms with Gasteiger partial charge >= 0.3 is 0 Å². The smallest absolute Gasteiger partial charge is 0.124 e. The van der Waals surface area contributed by atoms with E-state index in [0.717, 1.165) is 25.1 Å². The van der Waals surface area contributed by atoms with Gasteiger partial charge in [0.2, 0.25) is 0 Å². The van der Waals surface area contributed by atoms with E-state index in [0.29, 0.717) is 11.8 Å². The monoisotopic (exact) mass is 232 g/mol. The Hall–Kier alpha value is -1.35. The molecular weight excluding hydrogens is 212 g/mol. The van der Waals surface area contributed by atoms with E-state index in [1.165, 1.54) is 19.3 Å². The molecule has 1 unspecified atom stereocenters. The van der Waals surface area contributed by atoms with Gasteiger partial charge in [0.15, 0.2) is 0 Å². The molecule has 1 atom stereocenters. The summed E-state index contributed by atoms with van der Waals surface area (Å²) in [6, 6.07) is 7.91. The molecule has 1 heterocycles. The second-order valence-electron chi connectivity index (χ2n) is 4.53. The molecule has 1 aliphatic heterocycles. The molecule has 0 bridgehead atoms. The van der Waals surface area contributed by atoms with E-state index in [1.807, 2.05) is 18.2 Å². The van der Waals surface area contributed by atoms with Gasteiger partial charge in [-0.15, -0.1) is 0 Å². The fourth-order valence-corrected chi connectivity index (χ4v) is 2.16. The van der Waals surface area contributed by atoms with Crippen molar-refractivity contribution in [3.05, 3.63) is 29.8 Å². The molecule has 1 aliphatic rings. The summed E-state index contributed by atoms with van der Waals surface area (Å²) in [6.45, 7) is 1.97. The van der Waals surface area contributed by atoms with Crippen molar-refractivity contribution in [1.29, 1.82) is 0 Å². The molecular formula is C14H20N2O. The maximum Gasteiger partial charge on any atom is 0.124 e. The molecule has 0 aliphatic carbocycles. The molecule has 1 aromatic carbocycles. The number of benzene rings is 1. The van der Waals surface area contributed by atoms with E-state index in [-0.39, 0.29) is 0 Å². The first-order valence-electron chi connectivity index (χ1n) is 6.37. The van der Waals surface area contributed by atoms with Crippen LogP contribution in [0, 0.1) is 0 Å². The number of para-hydroxylation sites is 1. The average Bonchev–Trinajstić information content (AvgIpc) is 2.38. The molecule has 3 nitrogen and oxygen atoms in total. The summed E-state index contributed by atoms with van der Waals surface area (Å²) < 4.78 is 0. The van der Waals surface area contributed by atoms with Crippen LogP contribution < -0.4 is 5.32 Å². The number of aliphatic imine (C=N–C) groups is 1. The number of hydrogen-bond acceptors (Lipinski definition) is 3. The number of rotatable bonds is 4. The van der Waals surface area contributed by atoms with Crippen LogP contribution in [0.5, 0.6) is 5.75 Å². The van der Waals surface area contributed by atoms with Crippen molar-refractivity contribution in [3.63, 3.8) is 0 Å². The molecule has 1 fully saturated rings. The lowest BCUT2D eigenvalue weighted by atomic mass is 10.0. The van der Waals surface area contributed by atoms with Crippen LogP contribution in [-0.4, -0.2) is 30.5 Å². The second-order valence-corrected chi connectivity index (χ2v) is 4.53. The van der Waals surface area contributed by atoms with Crippen molar-refractivity contribution in [1.82, 2.24) is 5.32 Å². The molecule has 2 rings (SSSR count). The van der Waals surface area contributed by atoms with Gasteiger partial charge in [0.1, 0.15) is 5.75 Å². The van der Waals surface area contributed by atoms with E-state index in [2.05, 4.69) is 10.3 Å². The summed E-state index contributed by atoms with van der Waals surface area (Å²) in [6.07, 6.45) is 6.76. The summed E-state index contributed by atoms with van der Waals surface area (Å²) >= 11 is 0. The SMILES string of the molecule is Oc1ccccc1C=NCCC1CCCCN1. The van der Waals surface area contributed by atoms with Crippen molar-refractivity contribution >= 4 is 6.21 Å². The Morgan fingerprint density at radius 1 is 1.35 bits per heavy atom. The first-order chi connectivity index (χ1) is 8.36. The van der Waals surface area contributed by atoms with Crippen LogP contribution in [0.1, 0.15) is 31.2 Å². The normalized spacial score (nSPS) is 20.8. The lowest BCUT2D eigenvalue weighted by Crippen LogP contribution is -2.34. The lowest BCUT2D eigenvalue weighted by molar-refractivity contribution is 0.386. The Labute approximate surface area is 103 Å². The summed E-state index contributed by atoms with van der Waals surface area (Å²) in [5.41, 5.74) is 0.795. The zero-order valence-electron chi connectivity index (χ0n) is 10.1. The highest BCUT2D eigenvalue weighted by Crippen LogP contribution is 2.13. The van der Waals surface area contributed by atoms with Crippen LogP contribution in [-0.2, 0) is 0 Å². The molecule has 0 saturated carbocycles.